The van der Waals surface area contributed by atoms with Gasteiger partial charge in [0.05, 0.1) is 11.1 Å². The van der Waals surface area contributed by atoms with E-state index in [2.05, 4.69) is 4.72 Å². The van der Waals surface area contributed by atoms with E-state index in [0.29, 0.717) is 11.3 Å². The van der Waals surface area contributed by atoms with Crippen LogP contribution < -0.4 is 4.72 Å². The van der Waals surface area contributed by atoms with Crippen molar-refractivity contribution in [2.24, 2.45) is 0 Å². The Kier molecular flexibility index (Phi) is 5.66. The monoisotopic (exact) mass is 320 g/mol. The molecule has 1 heterocycles. The number of amides is 1. The lowest BCUT2D eigenvalue weighted by Crippen LogP contribution is -2.31. The van der Waals surface area contributed by atoms with Gasteiger partial charge in [0.25, 0.3) is 5.91 Å². The summed E-state index contributed by atoms with van der Waals surface area (Å²) >= 11 is 1.23. The van der Waals surface area contributed by atoms with E-state index in [9.17, 15) is 18.0 Å². The van der Waals surface area contributed by atoms with Crippen molar-refractivity contribution < 1.29 is 23.1 Å². The van der Waals surface area contributed by atoms with Crippen molar-refractivity contribution in [1.29, 1.82) is 0 Å². The Balaban J connectivity index is 2.58. The van der Waals surface area contributed by atoms with Gasteiger partial charge in [0.2, 0.25) is 10.0 Å². The molecule has 1 rings (SSSR count). The number of nitrogens with one attached hydrogen (secondary N) is 1. The lowest BCUT2D eigenvalue weighted by molar-refractivity contribution is -0.137. The second-order valence-corrected chi connectivity index (χ2v) is 7.24. The minimum atomic E-state index is -3.22. The zero-order valence-electron chi connectivity index (χ0n) is 11.1. The molecule has 7 nitrogen and oxygen atoms in total. The zero-order valence-corrected chi connectivity index (χ0v) is 12.8. The van der Waals surface area contributed by atoms with Gasteiger partial charge in [-0.25, -0.2) is 13.1 Å². The van der Waals surface area contributed by atoms with Crippen molar-refractivity contribution in [1.82, 2.24) is 9.62 Å². The van der Waals surface area contributed by atoms with E-state index in [0.717, 1.165) is 16.0 Å². The summed E-state index contributed by atoms with van der Waals surface area (Å²) in [6.45, 7) is -0.0976. The molecule has 0 aromatic carbocycles. The standard InChI is InChI=1S/C11H16N2O5S2/c1-13(7-10(14)15)11(16)9-4-3-8(19-9)5-6-12-20(2,17)18/h3-4,12H,5-7H2,1-2H3,(H,14,15). The van der Waals surface area contributed by atoms with Gasteiger partial charge < -0.3 is 10.0 Å². The summed E-state index contributed by atoms with van der Waals surface area (Å²) in [6.07, 6.45) is 1.56. The van der Waals surface area contributed by atoms with Gasteiger partial charge in [-0.1, -0.05) is 0 Å². The Morgan fingerprint density at radius 2 is 2.05 bits per heavy atom. The van der Waals surface area contributed by atoms with Crippen LogP contribution in [0.1, 0.15) is 14.5 Å². The number of hydrogen-bond acceptors (Lipinski definition) is 5. The third-order valence-corrected chi connectivity index (χ3v) is 4.19. The Labute approximate surface area is 121 Å². The summed E-state index contributed by atoms with van der Waals surface area (Å²) in [4.78, 5) is 24.8. The van der Waals surface area contributed by atoms with Crippen LogP contribution in [0.5, 0.6) is 0 Å². The highest BCUT2D eigenvalue weighted by Gasteiger charge is 2.16. The maximum atomic E-state index is 11.9. The third-order valence-electron chi connectivity index (χ3n) is 2.33. The topological polar surface area (TPSA) is 104 Å². The number of carboxylic acid groups (broad SMARTS) is 1. The predicted molar refractivity (Wildman–Crippen MR) is 75.5 cm³/mol. The number of hydrogen-bond donors (Lipinski definition) is 2. The number of rotatable bonds is 7. The molecule has 0 unspecified atom stereocenters. The molecule has 0 radical (unpaired) electrons. The fraction of sp³-hybridized carbons (Fsp3) is 0.455. The van der Waals surface area contributed by atoms with Crippen molar-refractivity contribution in [2.45, 2.75) is 6.42 Å². The van der Waals surface area contributed by atoms with Gasteiger partial charge in [0.15, 0.2) is 0 Å². The van der Waals surface area contributed by atoms with Crippen LogP contribution in [0.3, 0.4) is 0 Å². The van der Waals surface area contributed by atoms with E-state index < -0.39 is 16.0 Å². The van der Waals surface area contributed by atoms with Crippen molar-refractivity contribution in [2.75, 3.05) is 26.4 Å². The summed E-state index contributed by atoms with van der Waals surface area (Å²) in [5, 5.41) is 8.62. The molecule has 1 amide bonds. The summed E-state index contributed by atoms with van der Waals surface area (Å²) in [5.74, 6) is -1.44. The molecular formula is C11H16N2O5S2. The quantitative estimate of drug-likeness (QED) is 0.736. The van der Waals surface area contributed by atoms with Crippen LogP contribution in [0.2, 0.25) is 0 Å². The van der Waals surface area contributed by atoms with Crippen molar-refractivity contribution in [3.05, 3.63) is 21.9 Å². The largest absolute Gasteiger partial charge is 0.480 e. The second kappa shape index (κ2) is 6.82. The minimum absolute atomic E-state index is 0.262. The van der Waals surface area contributed by atoms with Crippen LogP contribution in [0.4, 0.5) is 0 Å². The highest BCUT2D eigenvalue weighted by molar-refractivity contribution is 7.88. The number of likely N-dealkylation sites (N-methyl/N-ethyl adjacent to an activating group) is 1. The molecule has 1 aromatic heterocycles. The third kappa shape index (κ3) is 5.68. The lowest BCUT2D eigenvalue weighted by atomic mass is 10.3. The van der Waals surface area contributed by atoms with Gasteiger partial charge in [-0.05, 0) is 18.6 Å². The summed E-state index contributed by atoms with van der Waals surface area (Å²) in [7, 11) is -1.80. The van der Waals surface area contributed by atoms with Crippen LogP contribution in [-0.2, 0) is 21.2 Å². The fourth-order valence-electron chi connectivity index (χ4n) is 1.45. The Hall–Kier alpha value is -1.45. The molecule has 0 saturated carbocycles. The molecule has 9 heteroatoms. The van der Waals surface area contributed by atoms with Crippen molar-refractivity contribution in [3.8, 4) is 0 Å². The molecule has 0 saturated heterocycles. The number of thiophene rings is 1. The van der Waals surface area contributed by atoms with E-state index in [1.807, 2.05) is 0 Å². The van der Waals surface area contributed by atoms with Gasteiger partial charge in [0.1, 0.15) is 6.54 Å². The fourth-order valence-corrected chi connectivity index (χ4v) is 2.92. The number of sulfonamides is 1. The highest BCUT2D eigenvalue weighted by Crippen LogP contribution is 2.18. The number of carbonyl (C=O) groups is 2. The summed E-state index contributed by atoms with van der Waals surface area (Å²) in [5.41, 5.74) is 0. The normalized spacial score (nSPS) is 11.3. The predicted octanol–water partition coefficient (Wildman–Crippen LogP) is -0.00360. The molecule has 0 aliphatic heterocycles. The second-order valence-electron chi connectivity index (χ2n) is 4.24. The van der Waals surface area contributed by atoms with Crippen LogP contribution in [0, 0.1) is 0 Å². The summed E-state index contributed by atoms with van der Waals surface area (Å²) in [6, 6.07) is 3.34. The Morgan fingerprint density at radius 1 is 1.40 bits per heavy atom. The Morgan fingerprint density at radius 3 is 2.60 bits per heavy atom. The van der Waals surface area contributed by atoms with Crippen LogP contribution >= 0.6 is 11.3 Å². The van der Waals surface area contributed by atoms with E-state index >= 15 is 0 Å². The molecule has 0 fully saturated rings. The van der Waals surface area contributed by atoms with Gasteiger partial charge in [-0.15, -0.1) is 11.3 Å². The van der Waals surface area contributed by atoms with E-state index in [-0.39, 0.29) is 19.0 Å². The molecule has 0 aliphatic carbocycles. The van der Waals surface area contributed by atoms with Gasteiger partial charge in [-0.2, -0.15) is 0 Å². The molecule has 0 aliphatic rings. The highest BCUT2D eigenvalue weighted by atomic mass is 32.2. The maximum Gasteiger partial charge on any atom is 0.323 e. The van der Waals surface area contributed by atoms with E-state index in [1.54, 1.807) is 12.1 Å². The number of carbonyl (C=O) groups excluding carboxylic acids is 1. The molecule has 0 atom stereocenters. The van der Waals surface area contributed by atoms with Crippen molar-refractivity contribution in [3.63, 3.8) is 0 Å². The first-order valence-corrected chi connectivity index (χ1v) is 8.40. The molecule has 1 aromatic rings. The van der Waals surface area contributed by atoms with Gasteiger partial charge >= 0.3 is 5.97 Å². The maximum absolute atomic E-state index is 11.9. The molecule has 0 bridgehead atoms. The van der Waals surface area contributed by atoms with E-state index in [1.165, 1.54) is 18.4 Å². The molecule has 0 spiro atoms. The zero-order chi connectivity index (χ0) is 15.3. The first kappa shape index (κ1) is 16.6. The molecule has 112 valence electrons. The van der Waals surface area contributed by atoms with Crippen LogP contribution in [0.25, 0.3) is 0 Å². The number of aliphatic carboxylic acids is 1. The lowest BCUT2D eigenvalue weighted by Gasteiger charge is -2.12. The van der Waals surface area contributed by atoms with Gasteiger partial charge in [-0.3, -0.25) is 9.59 Å². The number of nitrogens with zero attached hydrogens (tertiary/aromatic N) is 1. The SMILES string of the molecule is CN(CC(=O)O)C(=O)c1ccc(CCNS(C)(=O)=O)s1. The van der Waals surface area contributed by atoms with Crippen LogP contribution in [-0.4, -0.2) is 56.7 Å². The molecular weight excluding hydrogens is 304 g/mol. The minimum Gasteiger partial charge on any atom is -0.480 e. The smallest absolute Gasteiger partial charge is 0.323 e. The van der Waals surface area contributed by atoms with Gasteiger partial charge in [0, 0.05) is 18.5 Å². The van der Waals surface area contributed by atoms with Crippen molar-refractivity contribution >= 4 is 33.2 Å². The first-order valence-electron chi connectivity index (χ1n) is 5.69. The Bertz CT molecular complexity index is 594. The average Bonchev–Trinajstić information content (AvgIpc) is 2.74. The van der Waals surface area contributed by atoms with E-state index in [4.69, 9.17) is 5.11 Å². The average molecular weight is 320 g/mol. The first-order chi connectivity index (χ1) is 9.19. The van der Waals surface area contributed by atoms with Crippen LogP contribution in [0.15, 0.2) is 12.1 Å². The number of carboxylic acids is 1. The summed E-state index contributed by atoms with van der Waals surface area (Å²) < 4.78 is 24.2. The molecule has 20 heavy (non-hydrogen) atoms. The molecule has 2 N–H and O–H groups in total.